The summed E-state index contributed by atoms with van der Waals surface area (Å²) < 4.78 is 26.4. The van der Waals surface area contributed by atoms with Crippen LogP contribution in [-0.2, 0) is 16.6 Å². The van der Waals surface area contributed by atoms with E-state index in [1.807, 2.05) is 14.0 Å². The van der Waals surface area contributed by atoms with Crippen molar-refractivity contribution >= 4 is 10.0 Å². The number of likely N-dealkylation sites (N-methyl/N-ethyl adjacent to an activating group) is 1. The van der Waals surface area contributed by atoms with E-state index >= 15 is 0 Å². The molecule has 2 heterocycles. The van der Waals surface area contributed by atoms with Gasteiger partial charge in [0.05, 0.1) is 11.5 Å². The molecule has 0 spiro atoms. The Hall–Kier alpha value is -0.890. The van der Waals surface area contributed by atoms with Crippen LogP contribution in [0.3, 0.4) is 0 Å². The molecular formula is C11H19N3O3S. The molecule has 1 unspecified atom stereocenters. The van der Waals surface area contributed by atoms with Gasteiger partial charge >= 0.3 is 0 Å². The summed E-state index contributed by atoms with van der Waals surface area (Å²) in [5, 5.41) is 8.97. The van der Waals surface area contributed by atoms with Gasteiger partial charge in [-0.15, -0.1) is 0 Å². The number of aliphatic hydroxyl groups is 1. The summed E-state index contributed by atoms with van der Waals surface area (Å²) in [4.78, 5) is 5.10. The molecule has 0 bridgehead atoms. The van der Waals surface area contributed by atoms with Crippen molar-refractivity contribution in [3.63, 3.8) is 0 Å². The number of H-pyrrole nitrogens is 1. The number of sulfonamides is 1. The van der Waals surface area contributed by atoms with Gasteiger partial charge < -0.3 is 15.0 Å². The predicted octanol–water partition coefficient (Wildman–Crippen LogP) is -0.168. The smallest absolute Gasteiger partial charge is 0.244 e. The van der Waals surface area contributed by atoms with Crippen molar-refractivity contribution in [2.24, 2.45) is 0 Å². The van der Waals surface area contributed by atoms with Crippen LogP contribution in [0, 0.1) is 0 Å². The summed E-state index contributed by atoms with van der Waals surface area (Å²) in [5.74, 6) is 0. The highest BCUT2D eigenvalue weighted by Gasteiger charge is 2.33. The maximum atomic E-state index is 12.4. The summed E-state index contributed by atoms with van der Waals surface area (Å²) in [7, 11) is -1.47. The number of nitrogens with zero attached hydrogens (tertiary/aromatic N) is 2. The van der Waals surface area contributed by atoms with Gasteiger partial charge in [-0.05, 0) is 20.0 Å². The standard InChI is InChI=1S/C11H19N3O3S/c1-9-7-13(2)3-4-14(9)18(16,17)11-5-10(8-15)12-6-11/h5-6,9,12,15H,3-4,7-8H2,1-2H3. The molecule has 1 aromatic rings. The Morgan fingerprint density at radius 1 is 1.50 bits per heavy atom. The Bertz CT molecular complexity index is 511. The summed E-state index contributed by atoms with van der Waals surface area (Å²) >= 11 is 0. The van der Waals surface area contributed by atoms with Crippen LogP contribution in [0.5, 0.6) is 0 Å². The molecule has 1 aliphatic rings. The summed E-state index contributed by atoms with van der Waals surface area (Å²) in [5.41, 5.74) is 0.510. The molecule has 0 aliphatic carbocycles. The number of aromatic nitrogens is 1. The summed E-state index contributed by atoms with van der Waals surface area (Å²) in [6, 6.07) is 1.45. The van der Waals surface area contributed by atoms with Gasteiger partial charge in [-0.3, -0.25) is 0 Å². The van der Waals surface area contributed by atoms with E-state index < -0.39 is 10.0 Å². The zero-order valence-corrected chi connectivity index (χ0v) is 11.4. The Morgan fingerprint density at radius 2 is 2.22 bits per heavy atom. The minimum absolute atomic E-state index is 0.0405. The fraction of sp³-hybridized carbons (Fsp3) is 0.636. The molecule has 1 aliphatic heterocycles. The zero-order chi connectivity index (χ0) is 13.3. The van der Waals surface area contributed by atoms with Crippen LogP contribution in [0.2, 0.25) is 0 Å². The van der Waals surface area contributed by atoms with E-state index in [-0.39, 0.29) is 17.5 Å². The maximum Gasteiger partial charge on any atom is 0.244 e. The lowest BCUT2D eigenvalue weighted by Crippen LogP contribution is -2.52. The van der Waals surface area contributed by atoms with E-state index in [9.17, 15) is 8.42 Å². The van der Waals surface area contributed by atoms with Crippen LogP contribution < -0.4 is 0 Å². The van der Waals surface area contributed by atoms with Crippen molar-refractivity contribution in [1.82, 2.24) is 14.2 Å². The topological polar surface area (TPSA) is 76.6 Å². The molecule has 0 radical (unpaired) electrons. The van der Waals surface area contributed by atoms with Crippen LogP contribution in [0.4, 0.5) is 0 Å². The molecule has 1 saturated heterocycles. The average Bonchev–Trinajstić information content (AvgIpc) is 2.77. The molecule has 2 rings (SSSR count). The lowest BCUT2D eigenvalue weighted by atomic mass is 10.2. The second-order valence-electron chi connectivity index (χ2n) is 4.75. The SMILES string of the molecule is CC1CN(C)CCN1S(=O)(=O)c1c[nH]c(CO)c1. The molecule has 6 nitrogen and oxygen atoms in total. The molecule has 1 aromatic heterocycles. The van der Waals surface area contributed by atoms with Gasteiger partial charge in [0.1, 0.15) is 0 Å². The van der Waals surface area contributed by atoms with E-state index in [1.165, 1.54) is 16.6 Å². The molecule has 7 heteroatoms. The van der Waals surface area contributed by atoms with E-state index in [0.29, 0.717) is 12.2 Å². The monoisotopic (exact) mass is 273 g/mol. The number of nitrogens with one attached hydrogen (secondary N) is 1. The van der Waals surface area contributed by atoms with E-state index in [2.05, 4.69) is 9.88 Å². The van der Waals surface area contributed by atoms with E-state index in [1.54, 1.807) is 0 Å². The minimum Gasteiger partial charge on any atom is -0.390 e. The Balaban J connectivity index is 2.25. The number of aliphatic hydroxyl groups excluding tert-OH is 1. The lowest BCUT2D eigenvalue weighted by Gasteiger charge is -2.36. The zero-order valence-electron chi connectivity index (χ0n) is 10.6. The molecule has 18 heavy (non-hydrogen) atoms. The third-order valence-corrected chi connectivity index (χ3v) is 5.25. The fourth-order valence-electron chi connectivity index (χ4n) is 2.27. The first-order valence-corrected chi connectivity index (χ1v) is 7.37. The molecule has 102 valence electrons. The number of hydrogen-bond donors (Lipinski definition) is 2. The average molecular weight is 273 g/mol. The van der Waals surface area contributed by atoms with Gasteiger partial charge in [0, 0.05) is 37.6 Å². The molecule has 0 saturated carbocycles. The molecule has 1 fully saturated rings. The maximum absolute atomic E-state index is 12.4. The third kappa shape index (κ3) is 2.44. The van der Waals surface area contributed by atoms with Gasteiger partial charge in [0.2, 0.25) is 10.0 Å². The van der Waals surface area contributed by atoms with E-state index in [0.717, 1.165) is 13.1 Å². The van der Waals surface area contributed by atoms with Gasteiger partial charge in [-0.25, -0.2) is 8.42 Å². The molecule has 1 atom stereocenters. The van der Waals surface area contributed by atoms with Crippen molar-refractivity contribution in [1.29, 1.82) is 0 Å². The molecule has 0 amide bonds. The van der Waals surface area contributed by atoms with Crippen LogP contribution in [0.1, 0.15) is 12.6 Å². The number of rotatable bonds is 3. The first-order valence-electron chi connectivity index (χ1n) is 5.93. The molecular weight excluding hydrogens is 254 g/mol. The first kappa shape index (κ1) is 13.5. The van der Waals surface area contributed by atoms with Gasteiger partial charge in [-0.1, -0.05) is 0 Å². The van der Waals surface area contributed by atoms with Gasteiger partial charge in [-0.2, -0.15) is 4.31 Å². The van der Waals surface area contributed by atoms with Crippen molar-refractivity contribution in [2.45, 2.75) is 24.5 Å². The quantitative estimate of drug-likeness (QED) is 0.802. The van der Waals surface area contributed by atoms with Crippen LogP contribution in [-0.4, -0.2) is 60.4 Å². The van der Waals surface area contributed by atoms with Gasteiger partial charge in [0.25, 0.3) is 0 Å². The highest BCUT2D eigenvalue weighted by Crippen LogP contribution is 2.21. The second kappa shape index (κ2) is 5.00. The highest BCUT2D eigenvalue weighted by molar-refractivity contribution is 7.89. The van der Waals surface area contributed by atoms with Crippen LogP contribution in [0.25, 0.3) is 0 Å². The lowest BCUT2D eigenvalue weighted by molar-refractivity contribution is 0.170. The second-order valence-corrected chi connectivity index (χ2v) is 6.64. The first-order chi connectivity index (χ1) is 8.45. The largest absolute Gasteiger partial charge is 0.390 e. The third-order valence-electron chi connectivity index (χ3n) is 3.26. The number of piperazine rings is 1. The van der Waals surface area contributed by atoms with Gasteiger partial charge in [0.15, 0.2) is 0 Å². The Kier molecular flexibility index (Phi) is 3.76. The van der Waals surface area contributed by atoms with Crippen molar-refractivity contribution in [3.8, 4) is 0 Å². The number of hydrogen-bond acceptors (Lipinski definition) is 4. The number of aromatic amines is 1. The van der Waals surface area contributed by atoms with Crippen molar-refractivity contribution in [2.75, 3.05) is 26.7 Å². The molecule has 2 N–H and O–H groups in total. The van der Waals surface area contributed by atoms with Crippen molar-refractivity contribution < 1.29 is 13.5 Å². The van der Waals surface area contributed by atoms with Crippen LogP contribution >= 0.6 is 0 Å². The minimum atomic E-state index is -3.46. The predicted molar refractivity (Wildman–Crippen MR) is 67.6 cm³/mol. The Labute approximate surface area is 107 Å². The summed E-state index contributed by atoms with van der Waals surface area (Å²) in [6.45, 7) is 3.69. The molecule has 0 aromatic carbocycles. The fourth-order valence-corrected chi connectivity index (χ4v) is 3.91. The van der Waals surface area contributed by atoms with Crippen LogP contribution in [0.15, 0.2) is 17.2 Å². The summed E-state index contributed by atoms with van der Waals surface area (Å²) in [6.07, 6.45) is 1.44. The highest BCUT2D eigenvalue weighted by atomic mass is 32.2. The normalized spacial score (nSPS) is 23.4. The van der Waals surface area contributed by atoms with E-state index in [4.69, 9.17) is 5.11 Å². The van der Waals surface area contributed by atoms with Crippen molar-refractivity contribution in [3.05, 3.63) is 18.0 Å². The Morgan fingerprint density at radius 3 is 2.78 bits per heavy atom.